The summed E-state index contributed by atoms with van der Waals surface area (Å²) < 4.78 is 37.8. The number of benzene rings is 1. The van der Waals surface area contributed by atoms with E-state index in [0.717, 1.165) is 32.1 Å². The van der Waals surface area contributed by atoms with Gasteiger partial charge >= 0.3 is 5.97 Å². The third kappa shape index (κ3) is 5.27. The highest BCUT2D eigenvalue weighted by molar-refractivity contribution is 7.89. The normalized spacial score (nSPS) is 22.4. The number of esters is 1. The Labute approximate surface area is 171 Å². The van der Waals surface area contributed by atoms with Crippen LogP contribution in [0.3, 0.4) is 0 Å². The molecule has 1 N–H and O–H groups in total. The number of amides is 1. The van der Waals surface area contributed by atoms with Gasteiger partial charge < -0.3 is 14.8 Å². The van der Waals surface area contributed by atoms with Gasteiger partial charge in [0.2, 0.25) is 10.0 Å². The van der Waals surface area contributed by atoms with Crippen molar-refractivity contribution in [2.24, 2.45) is 11.8 Å². The summed E-state index contributed by atoms with van der Waals surface area (Å²) in [5.41, 5.74) is 0.226. The van der Waals surface area contributed by atoms with Gasteiger partial charge in [-0.15, -0.1) is 0 Å². The molecule has 29 heavy (non-hydrogen) atoms. The quantitative estimate of drug-likeness (QED) is 0.675. The molecule has 1 saturated heterocycles. The lowest BCUT2D eigenvalue weighted by Crippen LogP contribution is -2.32. The monoisotopic (exact) mass is 424 g/mol. The molecular weight excluding hydrogens is 396 g/mol. The van der Waals surface area contributed by atoms with Crippen LogP contribution in [0.2, 0.25) is 0 Å². The average molecular weight is 425 g/mol. The zero-order valence-electron chi connectivity index (χ0n) is 16.8. The number of hydrogen-bond acceptors (Lipinski definition) is 6. The summed E-state index contributed by atoms with van der Waals surface area (Å²) in [6.07, 6.45) is 4.50. The summed E-state index contributed by atoms with van der Waals surface area (Å²) >= 11 is 0. The first-order chi connectivity index (χ1) is 13.8. The second-order valence-corrected chi connectivity index (χ2v) is 9.59. The third-order valence-corrected chi connectivity index (χ3v) is 7.30. The number of ether oxygens (including phenoxy) is 2. The largest absolute Gasteiger partial charge is 0.495 e. The lowest BCUT2D eigenvalue weighted by atomic mass is 10.2. The minimum absolute atomic E-state index is 0.0966. The van der Waals surface area contributed by atoms with Crippen LogP contribution in [0.15, 0.2) is 23.1 Å². The summed E-state index contributed by atoms with van der Waals surface area (Å²) in [6, 6.07) is 4.38. The van der Waals surface area contributed by atoms with Gasteiger partial charge in [-0.25, -0.2) is 8.42 Å². The molecule has 1 aliphatic heterocycles. The number of hydrogen-bond donors (Lipinski definition) is 1. The van der Waals surface area contributed by atoms with Gasteiger partial charge in [-0.05, 0) is 43.4 Å². The Bertz CT molecular complexity index is 862. The van der Waals surface area contributed by atoms with E-state index >= 15 is 0 Å². The molecule has 1 amide bonds. The molecule has 2 aliphatic rings. The van der Waals surface area contributed by atoms with Gasteiger partial charge in [-0.1, -0.05) is 19.8 Å². The minimum atomic E-state index is -3.66. The van der Waals surface area contributed by atoms with Crippen molar-refractivity contribution >= 4 is 27.6 Å². The lowest BCUT2D eigenvalue weighted by molar-refractivity contribution is -0.148. The van der Waals surface area contributed by atoms with E-state index in [4.69, 9.17) is 9.47 Å². The molecule has 0 radical (unpaired) electrons. The van der Waals surface area contributed by atoms with Crippen LogP contribution in [0.25, 0.3) is 0 Å². The smallest absolute Gasteiger partial charge is 0.309 e. The number of nitrogens with zero attached hydrogens (tertiary/aromatic N) is 1. The first-order valence-electron chi connectivity index (χ1n) is 9.97. The van der Waals surface area contributed by atoms with E-state index in [9.17, 15) is 18.0 Å². The van der Waals surface area contributed by atoms with Gasteiger partial charge in [-0.2, -0.15) is 4.31 Å². The molecule has 0 unspecified atom stereocenters. The molecule has 1 saturated carbocycles. The van der Waals surface area contributed by atoms with Crippen LogP contribution in [0.5, 0.6) is 5.75 Å². The SMILES string of the molecule is COc1ccc(S(=O)(=O)N2CCCCCC2)cc1NC(=O)COC(=O)[C@@H]1C[C@H]1C. The van der Waals surface area contributed by atoms with E-state index in [0.29, 0.717) is 24.8 Å². The molecule has 0 spiro atoms. The number of methoxy groups -OCH3 is 1. The summed E-state index contributed by atoms with van der Waals surface area (Å²) in [7, 11) is -2.23. The molecule has 1 aromatic rings. The van der Waals surface area contributed by atoms with Gasteiger partial charge in [-0.3, -0.25) is 9.59 Å². The zero-order chi connectivity index (χ0) is 21.0. The molecule has 1 aromatic carbocycles. The Morgan fingerprint density at radius 3 is 2.41 bits per heavy atom. The molecule has 3 rings (SSSR count). The molecule has 2 fully saturated rings. The van der Waals surface area contributed by atoms with Crippen molar-refractivity contribution in [3.05, 3.63) is 18.2 Å². The predicted molar refractivity (Wildman–Crippen MR) is 107 cm³/mol. The minimum Gasteiger partial charge on any atom is -0.495 e. The maximum Gasteiger partial charge on any atom is 0.309 e. The fraction of sp³-hybridized carbons (Fsp3) is 0.600. The number of nitrogens with one attached hydrogen (secondary N) is 1. The standard InChI is InChI=1S/C20H28N2O6S/c1-14-11-16(14)20(24)28-13-19(23)21-17-12-15(7-8-18(17)27-2)29(25,26)22-9-5-3-4-6-10-22/h7-8,12,14,16H,3-6,9-11,13H2,1-2H3,(H,21,23)/t14-,16-/m1/s1. The molecule has 8 nitrogen and oxygen atoms in total. The molecule has 2 atom stereocenters. The van der Waals surface area contributed by atoms with Crippen molar-refractivity contribution in [2.45, 2.75) is 43.9 Å². The fourth-order valence-electron chi connectivity index (χ4n) is 3.46. The Hall–Kier alpha value is -2.13. The van der Waals surface area contributed by atoms with Gasteiger partial charge in [0.25, 0.3) is 5.91 Å². The van der Waals surface area contributed by atoms with Gasteiger partial charge in [0.1, 0.15) is 5.75 Å². The summed E-state index contributed by atoms with van der Waals surface area (Å²) in [5.74, 6) is -0.423. The van der Waals surface area contributed by atoms with Crippen LogP contribution in [0.1, 0.15) is 39.0 Å². The van der Waals surface area contributed by atoms with Crippen LogP contribution in [-0.4, -0.2) is 51.4 Å². The lowest BCUT2D eigenvalue weighted by Gasteiger charge is -2.21. The zero-order valence-corrected chi connectivity index (χ0v) is 17.7. The topological polar surface area (TPSA) is 102 Å². The highest BCUT2D eigenvalue weighted by atomic mass is 32.2. The van der Waals surface area contributed by atoms with Crippen molar-refractivity contribution in [3.8, 4) is 5.75 Å². The second-order valence-electron chi connectivity index (χ2n) is 7.66. The number of sulfonamides is 1. The van der Waals surface area contributed by atoms with Crippen molar-refractivity contribution in [3.63, 3.8) is 0 Å². The molecule has 1 aliphatic carbocycles. The molecular formula is C20H28N2O6S. The Balaban J connectivity index is 1.70. The summed E-state index contributed by atoms with van der Waals surface area (Å²) in [6.45, 7) is 2.51. The van der Waals surface area contributed by atoms with Crippen LogP contribution >= 0.6 is 0 Å². The third-order valence-electron chi connectivity index (χ3n) is 5.41. The van der Waals surface area contributed by atoms with Crippen molar-refractivity contribution < 1.29 is 27.5 Å². The molecule has 1 heterocycles. The average Bonchev–Trinajstić information content (AvgIpc) is 3.48. The Morgan fingerprint density at radius 1 is 1.17 bits per heavy atom. The van der Waals surface area contributed by atoms with Gasteiger partial charge in [0.05, 0.1) is 23.6 Å². The van der Waals surface area contributed by atoms with Crippen molar-refractivity contribution in [1.29, 1.82) is 0 Å². The second kappa shape index (κ2) is 9.13. The summed E-state index contributed by atoms with van der Waals surface area (Å²) in [4.78, 5) is 24.1. The highest BCUT2D eigenvalue weighted by Gasteiger charge is 2.40. The van der Waals surface area contributed by atoms with Gasteiger partial charge in [0.15, 0.2) is 6.61 Å². The van der Waals surface area contributed by atoms with Crippen LogP contribution in [-0.2, 0) is 24.3 Å². The van der Waals surface area contributed by atoms with E-state index in [-0.39, 0.29) is 22.5 Å². The number of rotatable bonds is 7. The number of carbonyl (C=O) groups is 2. The highest BCUT2D eigenvalue weighted by Crippen LogP contribution is 2.38. The van der Waals surface area contributed by atoms with Crippen LogP contribution < -0.4 is 10.1 Å². The molecule has 0 bridgehead atoms. The van der Waals surface area contributed by atoms with E-state index in [1.165, 1.54) is 29.6 Å². The van der Waals surface area contributed by atoms with Gasteiger partial charge in [0, 0.05) is 13.1 Å². The van der Waals surface area contributed by atoms with Crippen LogP contribution in [0.4, 0.5) is 5.69 Å². The van der Waals surface area contributed by atoms with Crippen molar-refractivity contribution in [1.82, 2.24) is 4.31 Å². The van der Waals surface area contributed by atoms with Crippen molar-refractivity contribution in [2.75, 3.05) is 32.1 Å². The number of anilines is 1. The fourth-order valence-corrected chi connectivity index (χ4v) is 5.00. The maximum absolute atomic E-state index is 13.0. The molecule has 0 aromatic heterocycles. The first kappa shape index (κ1) is 21.6. The predicted octanol–water partition coefficient (Wildman–Crippen LogP) is 2.40. The first-order valence-corrected chi connectivity index (χ1v) is 11.4. The number of carbonyl (C=O) groups excluding carboxylic acids is 2. The summed E-state index contributed by atoms with van der Waals surface area (Å²) in [5, 5.41) is 2.59. The Kier molecular flexibility index (Phi) is 6.79. The van der Waals surface area contributed by atoms with Crippen LogP contribution in [0, 0.1) is 11.8 Å². The van der Waals surface area contributed by atoms with E-state index < -0.39 is 22.5 Å². The van der Waals surface area contributed by atoms with E-state index in [1.54, 1.807) is 0 Å². The Morgan fingerprint density at radius 2 is 1.83 bits per heavy atom. The maximum atomic E-state index is 13.0. The van der Waals surface area contributed by atoms with E-state index in [1.807, 2.05) is 6.92 Å². The molecule has 9 heteroatoms. The molecule has 160 valence electrons. The van der Waals surface area contributed by atoms with E-state index in [2.05, 4.69) is 5.32 Å².